The molecule has 0 unspecified atom stereocenters. The zero-order chi connectivity index (χ0) is 27.5. The van der Waals surface area contributed by atoms with Crippen molar-refractivity contribution in [2.45, 2.75) is 26.8 Å². The first-order chi connectivity index (χ1) is 18.9. The summed E-state index contributed by atoms with van der Waals surface area (Å²) in [5, 5.41) is 0. The van der Waals surface area contributed by atoms with Crippen LogP contribution in [0.5, 0.6) is 5.75 Å². The lowest BCUT2D eigenvalue weighted by Gasteiger charge is -2.24. The molecule has 0 saturated heterocycles. The number of aromatic nitrogens is 1. The molecule has 0 spiro atoms. The third-order valence-electron chi connectivity index (χ3n) is 6.27. The molecule has 0 bridgehead atoms. The molecule has 196 valence electrons. The number of aryl methyl sites for hydroxylation is 1. The average Bonchev–Trinajstić information content (AvgIpc) is 3.23. The van der Waals surface area contributed by atoms with Crippen molar-refractivity contribution in [2.24, 2.45) is 4.99 Å². The topological polar surface area (TPSA) is 87.0 Å². The highest BCUT2D eigenvalue weighted by Gasteiger charge is 2.33. The highest BCUT2D eigenvalue weighted by Crippen LogP contribution is 2.30. The number of esters is 2. The van der Waals surface area contributed by atoms with Crippen molar-refractivity contribution in [2.75, 3.05) is 6.61 Å². The molecule has 1 aliphatic rings. The SMILES string of the molecule is CCOC(=O)C1=C(C)N=c2sc(=Cc3ccc(OC(=O)c4cccc(C)c4)cc3)c(=O)n2[C@@H]1c1ccccc1. The minimum absolute atomic E-state index is 0.220. The van der Waals surface area contributed by atoms with Crippen LogP contribution in [0.1, 0.15) is 46.9 Å². The third-order valence-corrected chi connectivity index (χ3v) is 7.26. The minimum atomic E-state index is -0.646. The Morgan fingerprint density at radius 3 is 2.41 bits per heavy atom. The molecule has 2 heterocycles. The van der Waals surface area contributed by atoms with Gasteiger partial charge in [-0.3, -0.25) is 9.36 Å². The number of benzene rings is 3. The number of ether oxygens (including phenoxy) is 2. The van der Waals surface area contributed by atoms with E-state index in [2.05, 4.69) is 4.99 Å². The van der Waals surface area contributed by atoms with Gasteiger partial charge in [-0.1, -0.05) is 71.5 Å². The summed E-state index contributed by atoms with van der Waals surface area (Å²) in [6.07, 6.45) is 1.77. The fourth-order valence-corrected chi connectivity index (χ4v) is 5.51. The second-order valence-electron chi connectivity index (χ2n) is 9.04. The second-order valence-corrected chi connectivity index (χ2v) is 10.1. The van der Waals surface area contributed by atoms with E-state index >= 15 is 0 Å². The number of fused-ring (bicyclic) bond motifs is 1. The van der Waals surface area contributed by atoms with Crippen molar-refractivity contribution in [1.82, 2.24) is 4.57 Å². The first kappa shape index (κ1) is 26.1. The number of thiazole rings is 1. The van der Waals surface area contributed by atoms with Gasteiger partial charge >= 0.3 is 11.9 Å². The molecule has 0 saturated carbocycles. The van der Waals surface area contributed by atoms with E-state index in [9.17, 15) is 14.4 Å². The van der Waals surface area contributed by atoms with Crippen LogP contribution in [0.25, 0.3) is 6.08 Å². The van der Waals surface area contributed by atoms with Gasteiger partial charge in [0.2, 0.25) is 0 Å². The predicted octanol–water partition coefficient (Wildman–Crippen LogP) is 4.33. The van der Waals surface area contributed by atoms with Crippen LogP contribution in [0.3, 0.4) is 0 Å². The van der Waals surface area contributed by atoms with Gasteiger partial charge in [0, 0.05) is 0 Å². The van der Waals surface area contributed by atoms with Gasteiger partial charge in [0.1, 0.15) is 5.75 Å². The maximum Gasteiger partial charge on any atom is 0.343 e. The Labute approximate surface area is 229 Å². The van der Waals surface area contributed by atoms with Gasteiger partial charge in [0.05, 0.1) is 34.0 Å². The first-order valence-electron chi connectivity index (χ1n) is 12.5. The van der Waals surface area contributed by atoms with Gasteiger partial charge in [-0.15, -0.1) is 0 Å². The van der Waals surface area contributed by atoms with E-state index in [-0.39, 0.29) is 12.2 Å². The maximum atomic E-state index is 13.7. The minimum Gasteiger partial charge on any atom is -0.463 e. The lowest BCUT2D eigenvalue weighted by Crippen LogP contribution is -2.39. The maximum absolute atomic E-state index is 13.7. The molecule has 1 atom stereocenters. The normalized spacial score (nSPS) is 14.9. The molecule has 3 aromatic carbocycles. The zero-order valence-corrected chi connectivity index (χ0v) is 22.5. The standard InChI is InChI=1S/C31H26N2O5S/c1-4-37-30(36)26-20(3)32-31-33(27(26)22-10-6-5-7-11-22)28(34)25(39-31)18-21-13-15-24(16-14-21)38-29(35)23-12-8-9-19(2)17-23/h5-18,27H,4H2,1-3H3/t27-/m1/s1. The van der Waals surface area contributed by atoms with E-state index in [1.54, 1.807) is 60.9 Å². The number of hydrogen-bond donors (Lipinski definition) is 0. The number of carbonyl (C=O) groups is 2. The molecule has 0 N–H and O–H groups in total. The Morgan fingerprint density at radius 2 is 1.72 bits per heavy atom. The molecule has 1 aromatic heterocycles. The number of carbonyl (C=O) groups excluding carboxylic acids is 2. The summed E-state index contributed by atoms with van der Waals surface area (Å²) in [4.78, 5) is 44.2. The molecule has 39 heavy (non-hydrogen) atoms. The van der Waals surface area contributed by atoms with Crippen molar-refractivity contribution >= 4 is 29.4 Å². The van der Waals surface area contributed by atoms with Gasteiger partial charge in [-0.25, -0.2) is 14.6 Å². The first-order valence-corrected chi connectivity index (χ1v) is 13.3. The van der Waals surface area contributed by atoms with E-state index in [1.807, 2.05) is 49.4 Å². The monoisotopic (exact) mass is 538 g/mol. The van der Waals surface area contributed by atoms with Crippen molar-refractivity contribution in [3.05, 3.63) is 132 Å². The number of allylic oxidation sites excluding steroid dienone is 1. The molecule has 0 fully saturated rings. The molecule has 0 amide bonds. The molecule has 5 rings (SSSR count). The lowest BCUT2D eigenvalue weighted by atomic mass is 9.96. The van der Waals surface area contributed by atoms with Crippen LogP contribution >= 0.6 is 11.3 Å². The molecule has 7 nitrogen and oxygen atoms in total. The second kappa shape index (κ2) is 11.0. The smallest absolute Gasteiger partial charge is 0.343 e. The lowest BCUT2D eigenvalue weighted by molar-refractivity contribution is -0.139. The van der Waals surface area contributed by atoms with E-state index in [0.717, 1.165) is 16.7 Å². The van der Waals surface area contributed by atoms with Crippen molar-refractivity contribution in [3.63, 3.8) is 0 Å². The molecule has 0 aliphatic carbocycles. The Bertz CT molecular complexity index is 1770. The summed E-state index contributed by atoms with van der Waals surface area (Å²) >= 11 is 1.26. The molecular weight excluding hydrogens is 512 g/mol. The predicted molar refractivity (Wildman–Crippen MR) is 149 cm³/mol. The van der Waals surface area contributed by atoms with E-state index < -0.39 is 18.0 Å². The van der Waals surface area contributed by atoms with Crippen molar-refractivity contribution in [1.29, 1.82) is 0 Å². The fourth-order valence-electron chi connectivity index (χ4n) is 4.46. The van der Waals surface area contributed by atoms with Gasteiger partial charge in [0.25, 0.3) is 5.56 Å². The highest BCUT2D eigenvalue weighted by atomic mass is 32.1. The summed E-state index contributed by atoms with van der Waals surface area (Å²) < 4.78 is 12.8. The van der Waals surface area contributed by atoms with Crippen LogP contribution in [-0.2, 0) is 9.53 Å². The summed E-state index contributed by atoms with van der Waals surface area (Å²) in [5.74, 6) is -0.523. The van der Waals surface area contributed by atoms with Crippen LogP contribution in [0.2, 0.25) is 0 Å². The Hall–Kier alpha value is -4.56. The molecular formula is C31H26N2O5S. The average molecular weight is 539 g/mol. The van der Waals surface area contributed by atoms with E-state index in [4.69, 9.17) is 9.47 Å². The zero-order valence-electron chi connectivity index (χ0n) is 21.7. The number of rotatable bonds is 6. The largest absolute Gasteiger partial charge is 0.463 e. The Kier molecular flexibility index (Phi) is 7.38. The van der Waals surface area contributed by atoms with Crippen LogP contribution in [0.4, 0.5) is 0 Å². The quantitative estimate of drug-likeness (QED) is 0.270. The van der Waals surface area contributed by atoms with Gasteiger partial charge in [0.15, 0.2) is 4.80 Å². The summed E-state index contributed by atoms with van der Waals surface area (Å²) in [6, 6.07) is 22.9. The van der Waals surface area contributed by atoms with Gasteiger partial charge in [-0.05, 0) is 62.2 Å². The van der Waals surface area contributed by atoms with Crippen molar-refractivity contribution in [3.8, 4) is 5.75 Å². The van der Waals surface area contributed by atoms with Gasteiger partial charge < -0.3 is 9.47 Å². The Morgan fingerprint density at radius 1 is 0.974 bits per heavy atom. The molecule has 0 radical (unpaired) electrons. The third kappa shape index (κ3) is 5.37. The highest BCUT2D eigenvalue weighted by molar-refractivity contribution is 7.07. The van der Waals surface area contributed by atoms with Crippen LogP contribution < -0.4 is 19.6 Å². The Balaban J connectivity index is 1.49. The summed E-state index contributed by atoms with van der Waals surface area (Å²) in [6.45, 7) is 5.64. The van der Waals surface area contributed by atoms with E-state index in [1.165, 1.54) is 11.3 Å². The number of nitrogens with zero attached hydrogens (tertiary/aromatic N) is 2. The van der Waals surface area contributed by atoms with Gasteiger partial charge in [-0.2, -0.15) is 0 Å². The molecule has 8 heteroatoms. The van der Waals surface area contributed by atoms with E-state index in [0.29, 0.717) is 31.9 Å². The number of hydrogen-bond acceptors (Lipinski definition) is 7. The van der Waals surface area contributed by atoms with Crippen LogP contribution in [-0.4, -0.2) is 23.1 Å². The fraction of sp³-hybridized carbons (Fsp3) is 0.161. The summed E-state index contributed by atoms with van der Waals surface area (Å²) in [7, 11) is 0. The van der Waals surface area contributed by atoms with Crippen molar-refractivity contribution < 1.29 is 19.1 Å². The van der Waals surface area contributed by atoms with Crippen LogP contribution in [0, 0.1) is 6.92 Å². The molecule has 1 aliphatic heterocycles. The molecule has 4 aromatic rings. The van der Waals surface area contributed by atoms with Crippen LogP contribution in [0.15, 0.2) is 99.9 Å². The summed E-state index contributed by atoms with van der Waals surface area (Å²) in [5.41, 5.74) is 3.62.